The quantitative estimate of drug-likeness (QED) is 0.497. The third-order valence-corrected chi connectivity index (χ3v) is 4.18. The van der Waals surface area contributed by atoms with Crippen molar-refractivity contribution in [1.82, 2.24) is 29.9 Å². The minimum Gasteiger partial charge on any atom is -0.369 e. The van der Waals surface area contributed by atoms with Gasteiger partial charge in [0.1, 0.15) is 18.0 Å². The van der Waals surface area contributed by atoms with Gasteiger partial charge in [0.2, 0.25) is 5.82 Å². The molecule has 4 heterocycles. The molecule has 0 atom stereocenters. The van der Waals surface area contributed by atoms with Gasteiger partial charge in [0.15, 0.2) is 5.65 Å². The number of alkyl halides is 3. The Hall–Kier alpha value is -3.76. The Morgan fingerprint density at radius 3 is 2.37 bits per heavy atom. The molecule has 30 heavy (non-hydrogen) atoms. The lowest BCUT2D eigenvalue weighted by Gasteiger charge is -2.09. The summed E-state index contributed by atoms with van der Waals surface area (Å²) < 4.78 is 50.7. The molecule has 1 N–H and O–H groups in total. The number of hydrogen-bond acceptors (Lipinski definition) is 7. The molecule has 0 unspecified atom stereocenters. The molecule has 11 heteroatoms. The van der Waals surface area contributed by atoms with Crippen LogP contribution in [-0.4, -0.2) is 36.4 Å². The number of hydrogen-bond donors (Lipinski definition) is 1. The fourth-order valence-electron chi connectivity index (χ4n) is 2.73. The predicted octanol–water partition coefficient (Wildman–Crippen LogP) is 3.69. The molecule has 0 saturated carbocycles. The van der Waals surface area contributed by atoms with Crippen molar-refractivity contribution in [2.24, 2.45) is 0 Å². The first-order valence-corrected chi connectivity index (χ1v) is 8.75. The van der Waals surface area contributed by atoms with Gasteiger partial charge in [0, 0.05) is 30.7 Å². The van der Waals surface area contributed by atoms with Crippen LogP contribution in [0.1, 0.15) is 11.4 Å². The fourth-order valence-corrected chi connectivity index (χ4v) is 2.73. The minimum absolute atomic E-state index is 0.375. The molecule has 0 aliphatic heterocycles. The van der Waals surface area contributed by atoms with Crippen LogP contribution in [0, 0.1) is 5.82 Å². The topological polar surface area (TPSA) is 89.4 Å². The molecule has 0 aliphatic rings. The molecule has 4 aromatic rings. The van der Waals surface area contributed by atoms with Crippen molar-refractivity contribution in [2.45, 2.75) is 12.6 Å². The third-order valence-electron chi connectivity index (χ3n) is 4.18. The zero-order valence-electron chi connectivity index (χ0n) is 15.2. The number of halogens is 4. The summed E-state index contributed by atoms with van der Waals surface area (Å²) in [6.07, 6.45) is 2.17. The van der Waals surface area contributed by atoms with E-state index >= 15 is 0 Å². The molecule has 0 aliphatic carbocycles. The van der Waals surface area contributed by atoms with Crippen LogP contribution >= 0.6 is 0 Å². The Labute approximate surface area is 167 Å². The first kappa shape index (κ1) is 19.6. The van der Waals surface area contributed by atoms with Crippen molar-refractivity contribution in [3.63, 3.8) is 0 Å². The van der Waals surface area contributed by atoms with Crippen LogP contribution in [0.5, 0.6) is 0 Å². The average molecular weight is 415 g/mol. The highest BCUT2D eigenvalue weighted by atomic mass is 19.4. The number of fused-ring (bicyclic) bond motifs is 1. The van der Waals surface area contributed by atoms with Crippen LogP contribution in [0.3, 0.4) is 0 Å². The summed E-state index contributed by atoms with van der Waals surface area (Å²) in [5.41, 5.74) is 2.21. The van der Waals surface area contributed by atoms with E-state index in [4.69, 9.17) is 0 Å². The SMILES string of the molecule is Fc1ccc(-c2cnc3ncnc(NCCc4cnc(C(F)(F)F)nc4)c3c2)nc1. The molecule has 0 bridgehead atoms. The van der Waals surface area contributed by atoms with E-state index in [0.29, 0.717) is 46.6 Å². The second-order valence-corrected chi connectivity index (χ2v) is 6.27. The summed E-state index contributed by atoms with van der Waals surface area (Å²) in [6.45, 7) is 0.375. The lowest BCUT2D eigenvalue weighted by molar-refractivity contribution is -0.145. The molecule has 4 aromatic heterocycles. The van der Waals surface area contributed by atoms with E-state index in [1.54, 1.807) is 18.3 Å². The van der Waals surface area contributed by atoms with Crippen molar-refractivity contribution in [2.75, 3.05) is 11.9 Å². The highest BCUT2D eigenvalue weighted by Gasteiger charge is 2.34. The number of nitrogens with one attached hydrogen (secondary N) is 1. The zero-order chi connectivity index (χ0) is 21.1. The smallest absolute Gasteiger partial charge is 0.369 e. The van der Waals surface area contributed by atoms with Crippen molar-refractivity contribution in [3.8, 4) is 11.3 Å². The monoisotopic (exact) mass is 415 g/mol. The Morgan fingerprint density at radius 1 is 0.867 bits per heavy atom. The molecule has 152 valence electrons. The van der Waals surface area contributed by atoms with Gasteiger partial charge in [0.05, 0.1) is 17.3 Å². The van der Waals surface area contributed by atoms with E-state index in [2.05, 4.69) is 35.2 Å². The molecule has 0 spiro atoms. The van der Waals surface area contributed by atoms with E-state index in [1.807, 2.05) is 0 Å². The van der Waals surface area contributed by atoms with Gasteiger partial charge < -0.3 is 5.32 Å². The molecule has 0 fully saturated rings. The van der Waals surface area contributed by atoms with E-state index in [0.717, 1.165) is 18.6 Å². The second-order valence-electron chi connectivity index (χ2n) is 6.27. The van der Waals surface area contributed by atoms with E-state index < -0.39 is 17.8 Å². The van der Waals surface area contributed by atoms with Crippen molar-refractivity contribution in [1.29, 1.82) is 0 Å². The van der Waals surface area contributed by atoms with Crippen LogP contribution < -0.4 is 5.32 Å². The van der Waals surface area contributed by atoms with Crippen molar-refractivity contribution in [3.05, 3.63) is 66.5 Å². The Bertz CT molecular complexity index is 1160. The second kappa shape index (κ2) is 7.93. The van der Waals surface area contributed by atoms with Gasteiger partial charge in [0.25, 0.3) is 0 Å². The zero-order valence-corrected chi connectivity index (χ0v) is 15.2. The van der Waals surface area contributed by atoms with Crippen LogP contribution in [0.4, 0.5) is 23.4 Å². The third kappa shape index (κ3) is 4.29. The summed E-state index contributed by atoms with van der Waals surface area (Å²) in [5.74, 6) is -1.11. The normalized spacial score (nSPS) is 11.6. The average Bonchev–Trinajstić information content (AvgIpc) is 2.74. The number of anilines is 1. The van der Waals surface area contributed by atoms with Crippen molar-refractivity contribution < 1.29 is 17.6 Å². The minimum atomic E-state index is -4.57. The standard InChI is InChI=1S/C19H13F4N7/c20-13-1-2-15(25-9-13)12-5-14-16(29-10-30-17(14)26-8-12)24-4-3-11-6-27-18(28-7-11)19(21,22)23/h1-2,5-10H,3-4H2,(H,24,26,29,30). The maximum absolute atomic E-state index is 13.1. The summed E-state index contributed by atoms with van der Waals surface area (Å²) in [6, 6.07) is 4.63. The molecular formula is C19H13F4N7. The summed E-state index contributed by atoms with van der Waals surface area (Å²) in [4.78, 5) is 23.3. The van der Waals surface area contributed by atoms with E-state index in [9.17, 15) is 17.6 Å². The lowest BCUT2D eigenvalue weighted by atomic mass is 10.1. The van der Waals surface area contributed by atoms with Crippen LogP contribution in [0.25, 0.3) is 22.3 Å². The maximum Gasteiger partial charge on any atom is 0.451 e. The van der Waals surface area contributed by atoms with Gasteiger partial charge in [-0.1, -0.05) is 0 Å². The van der Waals surface area contributed by atoms with Crippen LogP contribution in [0.2, 0.25) is 0 Å². The molecule has 0 amide bonds. The first-order chi connectivity index (χ1) is 14.4. The molecule has 0 radical (unpaired) electrons. The van der Waals surface area contributed by atoms with Crippen LogP contribution in [0.15, 0.2) is 49.3 Å². The Morgan fingerprint density at radius 2 is 1.67 bits per heavy atom. The number of aromatic nitrogens is 6. The Kier molecular flexibility index (Phi) is 5.17. The molecule has 0 saturated heterocycles. The fraction of sp³-hybridized carbons (Fsp3) is 0.158. The Balaban J connectivity index is 1.51. The van der Waals surface area contributed by atoms with Gasteiger partial charge in [-0.2, -0.15) is 13.2 Å². The molecule has 7 nitrogen and oxygen atoms in total. The highest BCUT2D eigenvalue weighted by molar-refractivity contribution is 5.89. The lowest BCUT2D eigenvalue weighted by Crippen LogP contribution is -2.12. The maximum atomic E-state index is 13.1. The summed E-state index contributed by atoms with van der Waals surface area (Å²) in [7, 11) is 0. The van der Waals surface area contributed by atoms with E-state index in [-0.39, 0.29) is 0 Å². The van der Waals surface area contributed by atoms with Gasteiger partial charge in [-0.05, 0) is 30.2 Å². The van der Waals surface area contributed by atoms with Gasteiger partial charge >= 0.3 is 6.18 Å². The highest BCUT2D eigenvalue weighted by Crippen LogP contribution is 2.26. The number of pyridine rings is 2. The van der Waals surface area contributed by atoms with Gasteiger partial charge in [-0.25, -0.2) is 29.3 Å². The van der Waals surface area contributed by atoms with Gasteiger partial charge in [-0.15, -0.1) is 0 Å². The predicted molar refractivity (Wildman–Crippen MR) is 99.7 cm³/mol. The van der Waals surface area contributed by atoms with Crippen molar-refractivity contribution >= 4 is 16.9 Å². The molecule has 0 aromatic carbocycles. The molecular weight excluding hydrogens is 402 g/mol. The van der Waals surface area contributed by atoms with E-state index in [1.165, 1.54) is 12.4 Å². The molecule has 4 rings (SSSR count). The first-order valence-electron chi connectivity index (χ1n) is 8.75. The van der Waals surface area contributed by atoms with Gasteiger partial charge in [-0.3, -0.25) is 4.98 Å². The van der Waals surface area contributed by atoms with Crippen LogP contribution in [-0.2, 0) is 12.6 Å². The summed E-state index contributed by atoms with van der Waals surface area (Å²) >= 11 is 0. The number of rotatable bonds is 5. The largest absolute Gasteiger partial charge is 0.451 e. The summed E-state index contributed by atoms with van der Waals surface area (Å²) in [5, 5.41) is 3.75. The number of nitrogens with zero attached hydrogens (tertiary/aromatic N) is 6.